The minimum atomic E-state index is -0.929. The van der Waals surface area contributed by atoms with Gasteiger partial charge in [0.25, 0.3) is 0 Å². The first-order chi connectivity index (χ1) is 8.96. The quantitative estimate of drug-likeness (QED) is 0.847. The Morgan fingerprint density at radius 1 is 1.11 bits per heavy atom. The van der Waals surface area contributed by atoms with Crippen LogP contribution in [0.4, 0.5) is 0 Å². The van der Waals surface area contributed by atoms with Crippen LogP contribution in [0.15, 0.2) is 0 Å². The minimum Gasteiger partial charge on any atom is -0.480 e. The number of nitrogens with zero attached hydrogens (tertiary/aromatic N) is 1. The van der Waals surface area contributed by atoms with E-state index < -0.39 is 5.97 Å². The molecule has 1 N–H and O–H groups in total. The number of likely N-dealkylation sites (N-methyl/N-ethyl adjacent to an activating group) is 1. The lowest BCUT2D eigenvalue weighted by molar-refractivity contribution is -0.147. The molecule has 4 aliphatic carbocycles. The van der Waals surface area contributed by atoms with Crippen molar-refractivity contribution in [1.82, 2.24) is 4.90 Å². The third-order valence-electron chi connectivity index (χ3n) is 5.49. The molecule has 0 atom stereocenters. The topological polar surface area (TPSA) is 57.6 Å². The highest BCUT2D eigenvalue weighted by atomic mass is 16.4. The third kappa shape index (κ3) is 2.49. The first-order valence-corrected chi connectivity index (χ1v) is 7.41. The number of hydrogen-bond donors (Lipinski definition) is 1. The fourth-order valence-electron chi connectivity index (χ4n) is 5.25. The number of aliphatic carboxylic acids is 1. The number of carbonyl (C=O) groups excluding carboxylic acids is 1. The van der Waals surface area contributed by atoms with Crippen molar-refractivity contribution in [3.05, 3.63) is 0 Å². The maximum atomic E-state index is 12.2. The van der Waals surface area contributed by atoms with E-state index in [1.165, 1.54) is 43.4 Å². The summed E-state index contributed by atoms with van der Waals surface area (Å²) in [6.07, 6.45) is 8.29. The molecule has 19 heavy (non-hydrogen) atoms. The molecular weight excluding hydrogens is 242 g/mol. The average molecular weight is 265 g/mol. The maximum absolute atomic E-state index is 12.2. The van der Waals surface area contributed by atoms with Gasteiger partial charge in [-0.3, -0.25) is 9.59 Å². The molecule has 4 nitrogen and oxygen atoms in total. The molecule has 4 bridgehead atoms. The summed E-state index contributed by atoms with van der Waals surface area (Å²) in [5, 5.41) is 8.77. The highest BCUT2D eigenvalue weighted by molar-refractivity contribution is 5.81. The molecule has 4 saturated carbocycles. The Labute approximate surface area is 114 Å². The molecule has 0 aromatic rings. The minimum absolute atomic E-state index is 0.0179. The zero-order chi connectivity index (χ0) is 13.6. The van der Waals surface area contributed by atoms with Gasteiger partial charge in [-0.1, -0.05) is 0 Å². The lowest BCUT2D eigenvalue weighted by Crippen LogP contribution is -2.48. The van der Waals surface area contributed by atoms with Crippen molar-refractivity contribution in [3.63, 3.8) is 0 Å². The Morgan fingerprint density at radius 2 is 1.58 bits per heavy atom. The first-order valence-electron chi connectivity index (χ1n) is 7.41. The summed E-state index contributed by atoms with van der Waals surface area (Å²) >= 11 is 0. The van der Waals surface area contributed by atoms with E-state index in [-0.39, 0.29) is 17.9 Å². The van der Waals surface area contributed by atoms with Crippen molar-refractivity contribution in [1.29, 1.82) is 0 Å². The lowest BCUT2D eigenvalue weighted by Gasteiger charge is -2.56. The van der Waals surface area contributed by atoms with Crippen molar-refractivity contribution in [2.24, 2.45) is 23.2 Å². The van der Waals surface area contributed by atoms with E-state index >= 15 is 0 Å². The highest BCUT2D eigenvalue weighted by Gasteiger charge is 2.51. The summed E-state index contributed by atoms with van der Waals surface area (Å²) in [6, 6.07) is 0. The Kier molecular flexibility index (Phi) is 3.06. The van der Waals surface area contributed by atoms with Crippen LogP contribution in [0.3, 0.4) is 0 Å². The van der Waals surface area contributed by atoms with Crippen LogP contribution in [0.25, 0.3) is 0 Å². The first kappa shape index (κ1) is 12.9. The van der Waals surface area contributed by atoms with Crippen molar-refractivity contribution in [2.45, 2.75) is 44.9 Å². The predicted molar refractivity (Wildman–Crippen MR) is 70.5 cm³/mol. The van der Waals surface area contributed by atoms with Crippen molar-refractivity contribution < 1.29 is 14.7 Å². The molecule has 0 heterocycles. The van der Waals surface area contributed by atoms with E-state index in [2.05, 4.69) is 0 Å². The molecule has 106 valence electrons. The van der Waals surface area contributed by atoms with Gasteiger partial charge in [0, 0.05) is 13.5 Å². The van der Waals surface area contributed by atoms with Gasteiger partial charge in [0.15, 0.2) is 0 Å². The molecule has 0 aromatic heterocycles. The monoisotopic (exact) mass is 265 g/mol. The summed E-state index contributed by atoms with van der Waals surface area (Å²) < 4.78 is 0. The molecule has 0 unspecified atom stereocenters. The SMILES string of the molecule is CN(CC(=O)O)C(=O)CC12CC3CC(CC(C3)C1)C2. The Morgan fingerprint density at radius 3 is 2.00 bits per heavy atom. The van der Waals surface area contributed by atoms with Gasteiger partial charge in [-0.2, -0.15) is 0 Å². The number of carbonyl (C=O) groups is 2. The zero-order valence-corrected chi connectivity index (χ0v) is 11.6. The fourth-order valence-corrected chi connectivity index (χ4v) is 5.25. The molecule has 0 aromatic carbocycles. The highest BCUT2D eigenvalue weighted by Crippen LogP contribution is 2.61. The lowest BCUT2D eigenvalue weighted by atomic mass is 9.49. The van der Waals surface area contributed by atoms with Crippen LogP contribution in [0.5, 0.6) is 0 Å². The number of carboxylic acids is 1. The molecule has 4 heteroatoms. The average Bonchev–Trinajstić information content (AvgIpc) is 2.24. The number of carboxylic acid groups (broad SMARTS) is 1. The van der Waals surface area contributed by atoms with Crippen LogP contribution in [0.1, 0.15) is 44.9 Å². The van der Waals surface area contributed by atoms with Gasteiger partial charge in [-0.05, 0) is 61.7 Å². The van der Waals surface area contributed by atoms with Crippen molar-refractivity contribution in [3.8, 4) is 0 Å². The van der Waals surface area contributed by atoms with Gasteiger partial charge >= 0.3 is 5.97 Å². The summed E-state index contributed by atoms with van der Waals surface area (Å²) in [5.74, 6) is 1.60. The van der Waals surface area contributed by atoms with E-state index in [4.69, 9.17) is 5.11 Å². The maximum Gasteiger partial charge on any atom is 0.323 e. The standard InChI is InChI=1S/C15H23NO3/c1-16(9-14(18)19)13(17)8-15-5-10-2-11(6-15)4-12(3-10)7-15/h10-12H,2-9H2,1H3,(H,18,19). The normalized spacial score (nSPS) is 39.3. The van der Waals surface area contributed by atoms with E-state index in [0.717, 1.165) is 17.8 Å². The van der Waals surface area contributed by atoms with Gasteiger partial charge in [-0.25, -0.2) is 0 Å². The second-order valence-electron chi connectivity index (χ2n) is 7.24. The van der Waals surface area contributed by atoms with Gasteiger partial charge in [0.1, 0.15) is 6.54 Å². The molecule has 0 saturated heterocycles. The van der Waals surface area contributed by atoms with Gasteiger partial charge in [0.05, 0.1) is 0 Å². The van der Waals surface area contributed by atoms with Crippen molar-refractivity contribution >= 4 is 11.9 Å². The predicted octanol–water partition coefficient (Wildman–Crippen LogP) is 2.14. The summed E-state index contributed by atoms with van der Waals surface area (Å²) in [4.78, 5) is 24.3. The number of rotatable bonds is 4. The molecule has 0 spiro atoms. The van der Waals surface area contributed by atoms with E-state index in [9.17, 15) is 9.59 Å². The number of amides is 1. The molecule has 0 radical (unpaired) electrons. The zero-order valence-electron chi connectivity index (χ0n) is 11.6. The van der Waals surface area contributed by atoms with Gasteiger partial charge in [0.2, 0.25) is 5.91 Å². The van der Waals surface area contributed by atoms with Crippen LogP contribution >= 0.6 is 0 Å². The van der Waals surface area contributed by atoms with E-state index in [0.29, 0.717) is 6.42 Å². The van der Waals surface area contributed by atoms with E-state index in [1.807, 2.05) is 0 Å². The Bertz CT molecular complexity index is 369. The van der Waals surface area contributed by atoms with Crippen LogP contribution in [-0.2, 0) is 9.59 Å². The molecule has 4 aliphatic rings. The smallest absolute Gasteiger partial charge is 0.323 e. The Balaban J connectivity index is 1.66. The summed E-state index contributed by atoms with van der Waals surface area (Å²) in [7, 11) is 1.61. The second kappa shape index (κ2) is 4.50. The molecular formula is C15H23NO3. The fraction of sp³-hybridized carbons (Fsp3) is 0.867. The van der Waals surface area contributed by atoms with Crippen molar-refractivity contribution in [2.75, 3.05) is 13.6 Å². The molecule has 4 rings (SSSR count). The van der Waals surface area contributed by atoms with Gasteiger partial charge in [-0.15, -0.1) is 0 Å². The van der Waals surface area contributed by atoms with Crippen LogP contribution in [-0.4, -0.2) is 35.5 Å². The summed E-state index contributed by atoms with van der Waals surface area (Å²) in [5.41, 5.74) is 0.207. The third-order valence-corrected chi connectivity index (χ3v) is 5.49. The van der Waals surface area contributed by atoms with E-state index in [1.54, 1.807) is 7.05 Å². The van der Waals surface area contributed by atoms with Gasteiger partial charge < -0.3 is 10.0 Å². The van der Waals surface area contributed by atoms with Crippen LogP contribution in [0.2, 0.25) is 0 Å². The largest absolute Gasteiger partial charge is 0.480 e. The summed E-state index contributed by atoms with van der Waals surface area (Å²) in [6.45, 7) is -0.175. The number of hydrogen-bond acceptors (Lipinski definition) is 2. The molecule has 0 aliphatic heterocycles. The molecule has 1 amide bonds. The van der Waals surface area contributed by atoms with Crippen LogP contribution in [0, 0.1) is 23.2 Å². The van der Waals surface area contributed by atoms with Crippen LogP contribution < -0.4 is 0 Å². The molecule has 4 fully saturated rings. The Hall–Kier alpha value is -1.06. The second-order valence-corrected chi connectivity index (χ2v) is 7.24.